The van der Waals surface area contributed by atoms with Gasteiger partial charge in [0.05, 0.1) is 18.8 Å². The maximum absolute atomic E-state index is 6.17. The van der Waals surface area contributed by atoms with Gasteiger partial charge in [0.15, 0.2) is 0 Å². The fourth-order valence-corrected chi connectivity index (χ4v) is 3.90. The topological polar surface area (TPSA) is 38.5 Å². The summed E-state index contributed by atoms with van der Waals surface area (Å²) in [5.41, 5.74) is 8.69. The second-order valence-electron chi connectivity index (χ2n) is 5.95. The molecule has 1 aromatic carbocycles. The van der Waals surface area contributed by atoms with Crippen molar-refractivity contribution in [2.24, 2.45) is 5.73 Å². The highest BCUT2D eigenvalue weighted by Gasteiger charge is 2.35. The monoisotopic (exact) mass is 338 g/mol. The normalized spacial score (nSPS) is 28.1. The summed E-state index contributed by atoms with van der Waals surface area (Å²) >= 11 is 3.60. The summed E-state index contributed by atoms with van der Waals surface area (Å²) in [5, 5.41) is 0. The quantitative estimate of drug-likeness (QED) is 0.894. The van der Waals surface area contributed by atoms with E-state index in [1.54, 1.807) is 0 Å². The van der Waals surface area contributed by atoms with Crippen LogP contribution in [0.1, 0.15) is 44.2 Å². The van der Waals surface area contributed by atoms with Crippen LogP contribution in [-0.4, -0.2) is 25.3 Å². The second kappa shape index (κ2) is 6.04. The van der Waals surface area contributed by atoms with Gasteiger partial charge in [-0.3, -0.25) is 0 Å². The highest BCUT2D eigenvalue weighted by molar-refractivity contribution is 9.10. The van der Waals surface area contributed by atoms with Crippen molar-refractivity contribution in [3.63, 3.8) is 0 Å². The molecule has 1 aliphatic carbocycles. The molecule has 0 radical (unpaired) electrons. The minimum atomic E-state index is 0.0583. The van der Waals surface area contributed by atoms with Gasteiger partial charge in [-0.2, -0.15) is 0 Å². The summed E-state index contributed by atoms with van der Waals surface area (Å²) in [7, 11) is 0. The van der Waals surface area contributed by atoms with Gasteiger partial charge in [-0.05, 0) is 37.5 Å². The van der Waals surface area contributed by atoms with E-state index in [9.17, 15) is 0 Å². The molecular formula is C16H23BrN2O. The van der Waals surface area contributed by atoms with Gasteiger partial charge in [0, 0.05) is 22.7 Å². The van der Waals surface area contributed by atoms with E-state index in [0.29, 0.717) is 12.1 Å². The number of ether oxygens (including phenoxy) is 1. The molecule has 3 unspecified atom stereocenters. The van der Waals surface area contributed by atoms with Crippen LogP contribution in [-0.2, 0) is 4.74 Å². The molecule has 1 saturated heterocycles. The van der Waals surface area contributed by atoms with Crippen LogP contribution in [0.5, 0.6) is 0 Å². The Hall–Kier alpha value is -0.580. The van der Waals surface area contributed by atoms with Gasteiger partial charge in [-0.25, -0.2) is 0 Å². The zero-order valence-corrected chi connectivity index (χ0v) is 13.6. The molecule has 3 atom stereocenters. The molecule has 0 aromatic heterocycles. The minimum absolute atomic E-state index is 0.0583. The molecule has 3 nitrogen and oxygen atoms in total. The number of benzene rings is 1. The van der Waals surface area contributed by atoms with Crippen molar-refractivity contribution in [3.8, 4) is 0 Å². The third-order valence-electron chi connectivity index (χ3n) is 4.52. The van der Waals surface area contributed by atoms with Crippen LogP contribution in [0.2, 0.25) is 0 Å². The Morgan fingerprint density at radius 2 is 2.15 bits per heavy atom. The lowest BCUT2D eigenvalue weighted by Crippen LogP contribution is -2.53. The van der Waals surface area contributed by atoms with Crippen molar-refractivity contribution < 1.29 is 4.74 Å². The first kappa shape index (κ1) is 14.4. The van der Waals surface area contributed by atoms with E-state index in [1.165, 1.54) is 36.9 Å². The molecule has 0 bridgehead atoms. The predicted molar refractivity (Wildman–Crippen MR) is 86.1 cm³/mol. The van der Waals surface area contributed by atoms with Gasteiger partial charge in [0.2, 0.25) is 0 Å². The van der Waals surface area contributed by atoms with Crippen molar-refractivity contribution in [3.05, 3.63) is 28.2 Å². The van der Waals surface area contributed by atoms with E-state index >= 15 is 0 Å². The second-order valence-corrected chi connectivity index (χ2v) is 6.86. The van der Waals surface area contributed by atoms with Gasteiger partial charge in [-0.1, -0.05) is 34.8 Å². The molecule has 2 fully saturated rings. The predicted octanol–water partition coefficient (Wildman–Crippen LogP) is 3.62. The minimum Gasteiger partial charge on any atom is -0.374 e. The number of rotatable bonds is 2. The Kier molecular flexibility index (Phi) is 4.34. The number of anilines is 1. The summed E-state index contributed by atoms with van der Waals surface area (Å²) in [6.07, 6.45) is 5.44. The molecule has 20 heavy (non-hydrogen) atoms. The molecule has 110 valence electrons. The average Bonchev–Trinajstić information content (AvgIpc) is 2.46. The van der Waals surface area contributed by atoms with Gasteiger partial charge in [0.25, 0.3) is 0 Å². The number of nitrogens with two attached hydrogens (primary N) is 1. The highest BCUT2D eigenvalue weighted by Crippen LogP contribution is 2.36. The summed E-state index contributed by atoms with van der Waals surface area (Å²) in [6.45, 7) is 3.86. The van der Waals surface area contributed by atoms with Crippen LogP contribution < -0.4 is 10.6 Å². The fraction of sp³-hybridized carbons (Fsp3) is 0.625. The lowest BCUT2D eigenvalue weighted by molar-refractivity contribution is -0.00875. The SMILES string of the molecule is CC(N)c1ccc(Br)cc1N1CCOC2CCCCC21. The largest absolute Gasteiger partial charge is 0.374 e. The molecule has 2 aliphatic rings. The van der Waals surface area contributed by atoms with Crippen molar-refractivity contribution in [2.45, 2.75) is 50.8 Å². The molecule has 0 spiro atoms. The molecular weight excluding hydrogens is 316 g/mol. The number of morpholine rings is 1. The fourth-order valence-electron chi connectivity index (χ4n) is 3.55. The van der Waals surface area contributed by atoms with E-state index in [4.69, 9.17) is 10.5 Å². The van der Waals surface area contributed by atoms with E-state index in [-0.39, 0.29) is 6.04 Å². The molecule has 4 heteroatoms. The first-order valence-corrected chi connectivity index (χ1v) is 8.39. The van der Waals surface area contributed by atoms with Gasteiger partial charge < -0.3 is 15.4 Å². The average molecular weight is 339 g/mol. The molecule has 1 saturated carbocycles. The van der Waals surface area contributed by atoms with Crippen LogP contribution in [0, 0.1) is 0 Å². The van der Waals surface area contributed by atoms with Crippen LogP contribution >= 0.6 is 15.9 Å². The number of hydrogen-bond acceptors (Lipinski definition) is 3. The first-order chi connectivity index (χ1) is 9.66. The Balaban J connectivity index is 1.96. The molecule has 1 heterocycles. The summed E-state index contributed by atoms with van der Waals surface area (Å²) < 4.78 is 7.10. The summed E-state index contributed by atoms with van der Waals surface area (Å²) in [5.74, 6) is 0. The molecule has 1 aliphatic heterocycles. The van der Waals surface area contributed by atoms with Gasteiger partial charge >= 0.3 is 0 Å². The van der Waals surface area contributed by atoms with Crippen LogP contribution in [0.25, 0.3) is 0 Å². The molecule has 3 rings (SSSR count). The standard InChI is InChI=1S/C16H23BrN2O/c1-11(18)13-7-6-12(17)10-15(13)19-8-9-20-16-5-3-2-4-14(16)19/h6-7,10-11,14,16H,2-5,8-9,18H2,1H3. The molecule has 0 amide bonds. The van der Waals surface area contributed by atoms with E-state index < -0.39 is 0 Å². The lowest BCUT2D eigenvalue weighted by atomic mass is 9.89. The van der Waals surface area contributed by atoms with Gasteiger partial charge in [-0.15, -0.1) is 0 Å². The Morgan fingerprint density at radius 1 is 1.35 bits per heavy atom. The Morgan fingerprint density at radius 3 is 2.95 bits per heavy atom. The van der Waals surface area contributed by atoms with Crippen molar-refractivity contribution in [1.82, 2.24) is 0 Å². The van der Waals surface area contributed by atoms with Gasteiger partial charge in [0.1, 0.15) is 0 Å². The van der Waals surface area contributed by atoms with Crippen LogP contribution in [0.4, 0.5) is 5.69 Å². The zero-order valence-electron chi connectivity index (χ0n) is 12.0. The maximum Gasteiger partial charge on any atom is 0.0779 e. The Labute approximate surface area is 129 Å². The number of nitrogens with zero attached hydrogens (tertiary/aromatic N) is 1. The summed E-state index contributed by atoms with van der Waals surface area (Å²) in [4.78, 5) is 2.54. The smallest absolute Gasteiger partial charge is 0.0779 e. The Bertz CT molecular complexity index is 476. The highest BCUT2D eigenvalue weighted by atomic mass is 79.9. The number of halogens is 1. The molecule has 2 N–H and O–H groups in total. The maximum atomic E-state index is 6.17. The van der Waals surface area contributed by atoms with Crippen LogP contribution in [0.15, 0.2) is 22.7 Å². The lowest BCUT2D eigenvalue weighted by Gasteiger charge is -2.46. The van der Waals surface area contributed by atoms with Crippen molar-refractivity contribution >= 4 is 21.6 Å². The van der Waals surface area contributed by atoms with Crippen molar-refractivity contribution in [2.75, 3.05) is 18.1 Å². The van der Waals surface area contributed by atoms with Crippen molar-refractivity contribution in [1.29, 1.82) is 0 Å². The van der Waals surface area contributed by atoms with E-state index in [1.807, 2.05) is 0 Å². The van der Waals surface area contributed by atoms with Crippen LogP contribution in [0.3, 0.4) is 0 Å². The third kappa shape index (κ3) is 2.74. The number of fused-ring (bicyclic) bond motifs is 1. The van der Waals surface area contributed by atoms with E-state index in [2.05, 4.69) is 46.0 Å². The number of hydrogen-bond donors (Lipinski definition) is 1. The molecule has 1 aromatic rings. The van der Waals surface area contributed by atoms with E-state index in [0.717, 1.165) is 17.6 Å². The zero-order chi connectivity index (χ0) is 14.1. The third-order valence-corrected chi connectivity index (χ3v) is 5.02. The first-order valence-electron chi connectivity index (χ1n) is 7.60. The summed E-state index contributed by atoms with van der Waals surface area (Å²) in [6, 6.07) is 7.03.